The molecule has 0 bridgehead atoms. The van der Waals surface area contributed by atoms with E-state index in [1.807, 2.05) is 0 Å². The van der Waals surface area contributed by atoms with Crippen molar-refractivity contribution in [3.63, 3.8) is 0 Å². The number of benzene rings is 1. The summed E-state index contributed by atoms with van der Waals surface area (Å²) in [6.07, 6.45) is -0.223. The molecule has 1 aromatic heterocycles. The Balaban J connectivity index is 2.04. The summed E-state index contributed by atoms with van der Waals surface area (Å²) in [4.78, 5) is 50.4. The van der Waals surface area contributed by atoms with Gasteiger partial charge in [0.1, 0.15) is 0 Å². The molecule has 2 rings (SSSR count). The summed E-state index contributed by atoms with van der Waals surface area (Å²) in [6.45, 7) is 4.27. The van der Waals surface area contributed by atoms with Gasteiger partial charge in [-0.15, -0.1) is 0 Å². The maximum Gasteiger partial charge on any atom is 0.312 e. The Hall–Kier alpha value is -3.13. The van der Waals surface area contributed by atoms with Crippen LogP contribution in [0.2, 0.25) is 5.02 Å². The maximum absolute atomic E-state index is 12.4. The first-order valence-electron chi connectivity index (χ1n) is 8.80. The molecule has 2 aromatic rings. The lowest BCUT2D eigenvalue weighted by Gasteiger charge is -2.17. The number of hydrogen-bond donors (Lipinski definition) is 3. The topological polar surface area (TPSA) is 131 Å². The number of aromatic amines is 1. The molecule has 4 N–H and O–H groups in total. The summed E-state index contributed by atoms with van der Waals surface area (Å²) in [5.74, 6) is -1.31. The zero-order chi connectivity index (χ0) is 21.7. The van der Waals surface area contributed by atoms with Gasteiger partial charge in [-0.3, -0.25) is 14.4 Å². The lowest BCUT2D eigenvalue weighted by atomic mass is 10.0. The lowest BCUT2D eigenvalue weighted by Crippen LogP contribution is -2.34. The van der Waals surface area contributed by atoms with Crippen LogP contribution in [0.15, 0.2) is 24.3 Å². The predicted octanol–water partition coefficient (Wildman–Crippen LogP) is 3.01. The minimum atomic E-state index is -0.803. The zero-order valence-electron chi connectivity index (χ0n) is 16.3. The van der Waals surface area contributed by atoms with Gasteiger partial charge >= 0.3 is 12.0 Å². The number of ketones is 2. The first-order valence-corrected chi connectivity index (χ1v) is 9.18. The smallest absolute Gasteiger partial charge is 0.312 e. The first-order chi connectivity index (χ1) is 13.6. The number of H-pyrrole nitrogens is 1. The summed E-state index contributed by atoms with van der Waals surface area (Å²) in [5.41, 5.74) is 7.57. The molecule has 0 aliphatic carbocycles. The van der Waals surface area contributed by atoms with Crippen molar-refractivity contribution in [2.45, 2.75) is 33.2 Å². The zero-order valence-corrected chi connectivity index (χ0v) is 17.1. The molecule has 9 heteroatoms. The Kier molecular flexibility index (Phi) is 7.17. The molecule has 0 radical (unpaired) electrons. The highest BCUT2D eigenvalue weighted by Crippen LogP contribution is 2.21. The van der Waals surface area contributed by atoms with Gasteiger partial charge in [-0.2, -0.15) is 0 Å². The summed E-state index contributed by atoms with van der Waals surface area (Å²) in [6, 6.07) is 4.99. The van der Waals surface area contributed by atoms with Crippen molar-refractivity contribution < 1.29 is 23.9 Å². The molecule has 29 heavy (non-hydrogen) atoms. The predicted molar refractivity (Wildman–Crippen MR) is 107 cm³/mol. The van der Waals surface area contributed by atoms with Crippen LogP contribution in [0.3, 0.4) is 0 Å². The quantitative estimate of drug-likeness (QED) is 0.447. The SMILES string of the molecule is CC(=O)c1c(C)[nH]c(C(=O)COC(=O)C[C@H](NC(N)=O)c2ccc(Cl)cc2)c1C. The number of nitrogens with one attached hydrogen (secondary N) is 2. The third-order valence-corrected chi connectivity index (χ3v) is 4.64. The van der Waals surface area contributed by atoms with Gasteiger partial charge in [0.15, 0.2) is 12.4 Å². The maximum atomic E-state index is 12.4. The van der Waals surface area contributed by atoms with Crippen LogP contribution in [0, 0.1) is 13.8 Å². The number of aromatic nitrogens is 1. The van der Waals surface area contributed by atoms with Crippen LogP contribution in [0.1, 0.15) is 57.1 Å². The number of hydrogen-bond acceptors (Lipinski definition) is 5. The normalized spacial score (nSPS) is 11.6. The minimum Gasteiger partial charge on any atom is -0.457 e. The molecule has 0 fully saturated rings. The number of halogens is 1. The van der Waals surface area contributed by atoms with Crippen LogP contribution in [-0.2, 0) is 9.53 Å². The van der Waals surface area contributed by atoms with Gasteiger partial charge in [-0.05, 0) is 44.0 Å². The molecule has 0 aliphatic rings. The fraction of sp³-hybridized carbons (Fsp3) is 0.300. The average molecular weight is 420 g/mol. The number of amides is 2. The van der Waals surface area contributed by atoms with E-state index < -0.39 is 30.4 Å². The molecule has 0 saturated heterocycles. The Labute approximate surface area is 172 Å². The first kappa shape index (κ1) is 22.2. The molecule has 0 aliphatic heterocycles. The van der Waals surface area contributed by atoms with E-state index in [1.54, 1.807) is 38.1 Å². The van der Waals surface area contributed by atoms with Gasteiger partial charge in [-0.1, -0.05) is 23.7 Å². The van der Waals surface area contributed by atoms with Crippen LogP contribution in [0.4, 0.5) is 4.79 Å². The Morgan fingerprint density at radius 2 is 1.79 bits per heavy atom. The molecule has 1 aromatic carbocycles. The van der Waals surface area contributed by atoms with E-state index in [0.29, 0.717) is 27.4 Å². The number of rotatable bonds is 8. The van der Waals surface area contributed by atoms with E-state index in [1.165, 1.54) is 6.92 Å². The van der Waals surface area contributed by atoms with Crippen LogP contribution in [0.5, 0.6) is 0 Å². The number of Topliss-reactive ketones (excluding diaryl/α,β-unsaturated/α-hetero) is 2. The number of aryl methyl sites for hydroxylation is 1. The summed E-state index contributed by atoms with van der Waals surface area (Å²) in [7, 11) is 0. The van der Waals surface area contributed by atoms with Crippen LogP contribution < -0.4 is 11.1 Å². The molecular weight excluding hydrogens is 398 g/mol. The van der Waals surface area contributed by atoms with Crippen LogP contribution >= 0.6 is 11.6 Å². The van der Waals surface area contributed by atoms with Crippen molar-refractivity contribution in [2.24, 2.45) is 5.73 Å². The van der Waals surface area contributed by atoms with Crippen molar-refractivity contribution in [1.82, 2.24) is 10.3 Å². The number of esters is 1. The molecule has 2 amide bonds. The molecule has 1 heterocycles. The van der Waals surface area contributed by atoms with E-state index >= 15 is 0 Å². The largest absolute Gasteiger partial charge is 0.457 e. The van der Waals surface area contributed by atoms with E-state index in [4.69, 9.17) is 22.1 Å². The standard InChI is InChI=1S/C20H22ClN3O5/c1-10-18(12(3)25)11(2)23-19(10)16(26)9-29-17(27)8-15(24-20(22)28)13-4-6-14(21)7-5-13/h4-7,15,23H,8-9H2,1-3H3,(H3,22,24,28)/t15-/m0/s1. The molecule has 8 nitrogen and oxygen atoms in total. The number of primary amides is 1. The highest BCUT2D eigenvalue weighted by Gasteiger charge is 2.22. The van der Waals surface area contributed by atoms with E-state index in [-0.39, 0.29) is 17.9 Å². The summed E-state index contributed by atoms with van der Waals surface area (Å²) < 4.78 is 5.07. The Morgan fingerprint density at radius 1 is 1.17 bits per heavy atom. The average Bonchev–Trinajstić information content (AvgIpc) is 2.94. The lowest BCUT2D eigenvalue weighted by molar-refractivity contribution is -0.143. The summed E-state index contributed by atoms with van der Waals surface area (Å²) >= 11 is 5.85. The third-order valence-electron chi connectivity index (χ3n) is 4.39. The molecule has 0 saturated carbocycles. The molecule has 1 atom stereocenters. The molecular formula is C20H22ClN3O5. The number of carbonyl (C=O) groups excluding carboxylic acids is 4. The third kappa shape index (κ3) is 5.68. The molecule has 0 spiro atoms. The van der Waals surface area contributed by atoms with Crippen molar-refractivity contribution in [2.75, 3.05) is 6.61 Å². The molecule has 0 unspecified atom stereocenters. The van der Waals surface area contributed by atoms with Gasteiger partial charge in [0.05, 0.1) is 18.2 Å². The highest BCUT2D eigenvalue weighted by molar-refractivity contribution is 6.30. The van der Waals surface area contributed by atoms with Crippen molar-refractivity contribution in [3.8, 4) is 0 Å². The van der Waals surface area contributed by atoms with Gasteiger partial charge in [0, 0.05) is 16.3 Å². The Bertz CT molecular complexity index is 950. The second-order valence-corrected chi connectivity index (χ2v) is 7.02. The fourth-order valence-corrected chi connectivity index (χ4v) is 3.25. The number of carbonyl (C=O) groups is 4. The van der Waals surface area contributed by atoms with Gasteiger partial charge in [0.2, 0.25) is 5.78 Å². The minimum absolute atomic E-state index is 0.157. The van der Waals surface area contributed by atoms with E-state index in [0.717, 1.165) is 0 Å². The Morgan fingerprint density at radius 3 is 2.31 bits per heavy atom. The van der Waals surface area contributed by atoms with Crippen molar-refractivity contribution in [1.29, 1.82) is 0 Å². The number of ether oxygens (including phenoxy) is 1. The van der Waals surface area contributed by atoms with Crippen LogP contribution in [-0.4, -0.2) is 35.2 Å². The van der Waals surface area contributed by atoms with Crippen LogP contribution in [0.25, 0.3) is 0 Å². The van der Waals surface area contributed by atoms with Gasteiger partial charge in [-0.25, -0.2) is 4.79 Å². The fourth-order valence-electron chi connectivity index (χ4n) is 3.12. The monoisotopic (exact) mass is 419 g/mol. The summed E-state index contributed by atoms with van der Waals surface area (Å²) in [5, 5.41) is 2.97. The highest BCUT2D eigenvalue weighted by atomic mass is 35.5. The number of nitrogens with two attached hydrogens (primary N) is 1. The second kappa shape index (κ2) is 9.38. The van der Waals surface area contributed by atoms with Gasteiger partial charge in [0.25, 0.3) is 0 Å². The van der Waals surface area contributed by atoms with Gasteiger partial charge < -0.3 is 20.8 Å². The van der Waals surface area contributed by atoms with E-state index in [9.17, 15) is 19.2 Å². The van der Waals surface area contributed by atoms with Crippen molar-refractivity contribution >= 4 is 35.2 Å². The molecule has 154 valence electrons. The van der Waals surface area contributed by atoms with E-state index in [2.05, 4.69) is 10.3 Å². The second-order valence-electron chi connectivity index (χ2n) is 6.58. The number of urea groups is 1. The van der Waals surface area contributed by atoms with Crippen molar-refractivity contribution in [3.05, 3.63) is 57.4 Å².